The molecule has 1 heterocycles. The van der Waals surface area contributed by atoms with Crippen molar-refractivity contribution in [3.05, 3.63) is 23.6 Å². The summed E-state index contributed by atoms with van der Waals surface area (Å²) in [5.74, 6) is 0.793. The van der Waals surface area contributed by atoms with Crippen LogP contribution in [0.3, 0.4) is 0 Å². The summed E-state index contributed by atoms with van der Waals surface area (Å²) in [5, 5.41) is 0. The monoisotopic (exact) mass is 284 g/mol. The van der Waals surface area contributed by atoms with Gasteiger partial charge in [-0.1, -0.05) is 13.8 Å². The van der Waals surface area contributed by atoms with Gasteiger partial charge in [0.25, 0.3) is 0 Å². The molecule has 0 amide bonds. The van der Waals surface area contributed by atoms with Crippen LogP contribution in [0.15, 0.2) is 12.3 Å². The second-order valence-corrected chi connectivity index (χ2v) is 6.54. The molecule has 0 radical (unpaired) electrons. The summed E-state index contributed by atoms with van der Waals surface area (Å²) < 4.78 is 13.2. The van der Waals surface area contributed by atoms with Gasteiger partial charge in [-0.15, -0.1) is 11.6 Å². The lowest BCUT2D eigenvalue weighted by atomic mass is 9.75. The Labute approximate surface area is 120 Å². The summed E-state index contributed by atoms with van der Waals surface area (Å²) in [6.07, 6.45) is 6.03. The van der Waals surface area contributed by atoms with E-state index in [1.54, 1.807) is 0 Å². The molecule has 1 fully saturated rings. The third kappa shape index (κ3) is 3.38. The molecule has 0 aliphatic heterocycles. The van der Waals surface area contributed by atoms with Crippen molar-refractivity contribution >= 4 is 17.4 Å². The van der Waals surface area contributed by atoms with Crippen molar-refractivity contribution in [1.29, 1.82) is 0 Å². The summed E-state index contributed by atoms with van der Waals surface area (Å²) in [4.78, 5) is 6.40. The lowest BCUT2D eigenvalue weighted by Crippen LogP contribution is -2.38. The van der Waals surface area contributed by atoms with E-state index in [9.17, 15) is 4.39 Å². The minimum absolute atomic E-state index is 0.294. The van der Waals surface area contributed by atoms with E-state index in [1.807, 2.05) is 7.05 Å². The molecule has 1 aromatic heterocycles. The molecule has 0 bridgehead atoms. The maximum absolute atomic E-state index is 13.2. The minimum atomic E-state index is -0.322. The summed E-state index contributed by atoms with van der Waals surface area (Å²) in [6, 6.07) is 1.96. The number of pyridine rings is 1. The van der Waals surface area contributed by atoms with Crippen molar-refractivity contribution in [3.63, 3.8) is 0 Å². The van der Waals surface area contributed by atoms with Gasteiger partial charge in [0.2, 0.25) is 0 Å². The van der Waals surface area contributed by atoms with Crippen molar-refractivity contribution in [2.75, 3.05) is 11.9 Å². The Bertz CT molecular complexity index is 438. The lowest BCUT2D eigenvalue weighted by Gasteiger charge is -2.39. The zero-order chi connectivity index (χ0) is 14.0. The normalized spacial score (nSPS) is 19.4. The molecule has 4 heteroatoms. The highest BCUT2D eigenvalue weighted by Gasteiger charge is 2.29. The molecular weight excluding hydrogens is 263 g/mol. The first-order chi connectivity index (χ1) is 8.93. The Morgan fingerprint density at radius 2 is 2.05 bits per heavy atom. The molecule has 0 aromatic carbocycles. The van der Waals surface area contributed by atoms with Crippen molar-refractivity contribution < 1.29 is 4.39 Å². The van der Waals surface area contributed by atoms with Gasteiger partial charge in [0.1, 0.15) is 11.6 Å². The Morgan fingerprint density at radius 1 is 1.42 bits per heavy atom. The van der Waals surface area contributed by atoms with Gasteiger partial charge >= 0.3 is 0 Å². The number of hydrogen-bond acceptors (Lipinski definition) is 2. The molecule has 0 unspecified atom stereocenters. The van der Waals surface area contributed by atoms with Gasteiger partial charge in [0.05, 0.1) is 12.1 Å². The van der Waals surface area contributed by atoms with Gasteiger partial charge in [0, 0.05) is 18.7 Å². The molecule has 2 nitrogen and oxygen atoms in total. The topological polar surface area (TPSA) is 16.1 Å². The third-order valence-corrected chi connectivity index (χ3v) is 4.53. The highest BCUT2D eigenvalue weighted by atomic mass is 35.5. The van der Waals surface area contributed by atoms with Gasteiger partial charge in [-0.05, 0) is 37.2 Å². The predicted octanol–water partition coefficient (Wildman–Crippen LogP) is 4.36. The van der Waals surface area contributed by atoms with E-state index in [1.165, 1.54) is 25.1 Å². The maximum Gasteiger partial charge on any atom is 0.141 e. The molecule has 1 aliphatic carbocycles. The van der Waals surface area contributed by atoms with E-state index in [2.05, 4.69) is 23.7 Å². The van der Waals surface area contributed by atoms with Crippen molar-refractivity contribution in [2.24, 2.45) is 5.41 Å². The zero-order valence-electron chi connectivity index (χ0n) is 11.9. The molecule has 0 saturated heterocycles. The second kappa shape index (κ2) is 5.66. The van der Waals surface area contributed by atoms with Crippen LogP contribution in [0, 0.1) is 11.2 Å². The molecule has 19 heavy (non-hydrogen) atoms. The quantitative estimate of drug-likeness (QED) is 0.767. The molecule has 1 saturated carbocycles. The smallest absolute Gasteiger partial charge is 0.141 e. The number of nitrogens with zero attached hydrogens (tertiary/aromatic N) is 2. The number of alkyl halides is 1. The molecule has 0 atom stereocenters. The first kappa shape index (κ1) is 14.6. The van der Waals surface area contributed by atoms with E-state index in [0.717, 1.165) is 24.2 Å². The summed E-state index contributed by atoms with van der Waals surface area (Å²) in [6.45, 7) is 4.65. The average molecular weight is 285 g/mol. The fraction of sp³-hybridized carbons (Fsp3) is 0.667. The highest BCUT2D eigenvalue weighted by Crippen LogP contribution is 2.38. The Morgan fingerprint density at radius 3 is 2.63 bits per heavy atom. The Balaban J connectivity index is 2.14. The molecule has 0 N–H and O–H groups in total. The average Bonchev–Trinajstić information content (AvgIpc) is 2.37. The fourth-order valence-electron chi connectivity index (χ4n) is 2.83. The summed E-state index contributed by atoms with van der Waals surface area (Å²) in [5.41, 5.74) is 1.22. The van der Waals surface area contributed by atoms with E-state index in [4.69, 9.17) is 11.6 Å². The van der Waals surface area contributed by atoms with Crippen LogP contribution in [0.4, 0.5) is 10.2 Å². The van der Waals surface area contributed by atoms with Crippen molar-refractivity contribution in [1.82, 2.24) is 4.98 Å². The number of hydrogen-bond donors (Lipinski definition) is 0. The van der Waals surface area contributed by atoms with Crippen LogP contribution in [-0.2, 0) is 5.88 Å². The van der Waals surface area contributed by atoms with Gasteiger partial charge in [-0.3, -0.25) is 0 Å². The number of aromatic nitrogens is 1. The van der Waals surface area contributed by atoms with Crippen LogP contribution in [0.5, 0.6) is 0 Å². The minimum Gasteiger partial charge on any atom is -0.356 e. The van der Waals surface area contributed by atoms with Crippen molar-refractivity contribution in [3.8, 4) is 0 Å². The second-order valence-electron chi connectivity index (χ2n) is 6.28. The highest BCUT2D eigenvalue weighted by molar-refractivity contribution is 6.17. The summed E-state index contributed by atoms with van der Waals surface area (Å²) >= 11 is 5.90. The molecule has 106 valence electrons. The predicted molar refractivity (Wildman–Crippen MR) is 78.2 cm³/mol. The van der Waals surface area contributed by atoms with E-state index >= 15 is 0 Å². The standard InChI is InChI=1S/C15H22ClFN2/c1-15(2)6-4-13(5-7-15)19(3)14-11(9-16)8-12(17)10-18-14/h8,10,13H,4-7,9H2,1-3H3. The van der Waals surface area contributed by atoms with E-state index in [-0.39, 0.29) is 5.82 Å². The summed E-state index contributed by atoms with van der Waals surface area (Å²) in [7, 11) is 2.04. The molecule has 1 aliphatic rings. The SMILES string of the molecule is CN(c1ncc(F)cc1CCl)C1CCC(C)(C)CC1. The lowest BCUT2D eigenvalue weighted by molar-refractivity contribution is 0.222. The van der Waals surface area contributed by atoms with Gasteiger partial charge < -0.3 is 4.90 Å². The van der Waals surface area contributed by atoms with Gasteiger partial charge in [0.15, 0.2) is 0 Å². The molecule has 1 aromatic rings. The van der Waals surface area contributed by atoms with Gasteiger partial charge in [-0.2, -0.15) is 0 Å². The van der Waals surface area contributed by atoms with Crippen LogP contribution in [0.2, 0.25) is 0 Å². The van der Waals surface area contributed by atoms with Crippen LogP contribution in [-0.4, -0.2) is 18.1 Å². The van der Waals surface area contributed by atoms with E-state index < -0.39 is 0 Å². The van der Waals surface area contributed by atoms with Crippen LogP contribution < -0.4 is 4.90 Å². The molecular formula is C15H22ClFN2. The molecule has 2 rings (SSSR count). The van der Waals surface area contributed by atoms with Crippen molar-refractivity contribution in [2.45, 2.75) is 51.5 Å². The third-order valence-electron chi connectivity index (χ3n) is 4.24. The Kier molecular flexibility index (Phi) is 4.34. The Hall–Kier alpha value is -0.830. The fourth-order valence-corrected chi connectivity index (χ4v) is 3.03. The van der Waals surface area contributed by atoms with Gasteiger partial charge in [-0.25, -0.2) is 9.37 Å². The maximum atomic E-state index is 13.2. The number of rotatable bonds is 3. The number of halogens is 2. The first-order valence-corrected chi connectivity index (χ1v) is 7.39. The van der Waals surface area contributed by atoms with E-state index in [0.29, 0.717) is 17.3 Å². The largest absolute Gasteiger partial charge is 0.356 e. The number of anilines is 1. The van der Waals surface area contributed by atoms with Crippen LogP contribution in [0.25, 0.3) is 0 Å². The first-order valence-electron chi connectivity index (χ1n) is 6.86. The molecule has 0 spiro atoms. The van der Waals surface area contributed by atoms with Crippen LogP contribution >= 0.6 is 11.6 Å². The zero-order valence-corrected chi connectivity index (χ0v) is 12.7. The van der Waals surface area contributed by atoms with Crippen LogP contribution in [0.1, 0.15) is 45.1 Å².